The van der Waals surface area contributed by atoms with Gasteiger partial charge >= 0.3 is 5.97 Å². The molecule has 0 bridgehead atoms. The van der Waals surface area contributed by atoms with Crippen molar-refractivity contribution in [1.29, 1.82) is 0 Å². The molecule has 0 amide bonds. The van der Waals surface area contributed by atoms with Gasteiger partial charge in [-0.25, -0.2) is 9.79 Å². The summed E-state index contributed by atoms with van der Waals surface area (Å²) in [6, 6.07) is 22.0. The zero-order valence-corrected chi connectivity index (χ0v) is 24.3. The van der Waals surface area contributed by atoms with Crippen molar-refractivity contribution in [2.75, 3.05) is 6.61 Å². The maximum Gasteiger partial charge on any atom is 0.338 e. The van der Waals surface area contributed by atoms with Gasteiger partial charge in [0.25, 0.3) is 5.56 Å². The van der Waals surface area contributed by atoms with Crippen molar-refractivity contribution in [3.63, 3.8) is 0 Å². The Morgan fingerprint density at radius 1 is 1.13 bits per heavy atom. The predicted octanol–water partition coefficient (Wildman–Crippen LogP) is 5.79. The van der Waals surface area contributed by atoms with Gasteiger partial charge in [0.15, 0.2) is 4.80 Å². The molecule has 1 atom stereocenters. The minimum absolute atomic E-state index is 0.225. The average molecular weight is 624 g/mol. The lowest BCUT2D eigenvalue weighted by Crippen LogP contribution is -2.39. The summed E-state index contributed by atoms with van der Waals surface area (Å²) in [6.07, 6.45) is 1.82. The number of nitrogens with zero attached hydrogens (tertiary/aromatic N) is 2. The standard InChI is InChI=1S/C30H24BrClN2O4S/c1-3-37-29(36)26-18(2)33-30-34(27(26)20-9-5-4-6-10-20)28(35)25(39-30)16-19-13-14-24(22(31)15-19)38-17-21-11-7-8-12-23(21)32/h4-16,27H,3,17H2,1-2H3/b25-16-/t27-/m1/s1. The molecule has 0 N–H and O–H groups in total. The van der Waals surface area contributed by atoms with E-state index in [0.717, 1.165) is 21.2 Å². The van der Waals surface area contributed by atoms with E-state index in [1.807, 2.05) is 78.9 Å². The molecule has 0 fully saturated rings. The van der Waals surface area contributed by atoms with Crippen molar-refractivity contribution in [2.45, 2.75) is 26.5 Å². The van der Waals surface area contributed by atoms with E-state index in [-0.39, 0.29) is 12.2 Å². The molecule has 4 aromatic rings. The van der Waals surface area contributed by atoms with Crippen LogP contribution < -0.4 is 19.6 Å². The van der Waals surface area contributed by atoms with Crippen LogP contribution in [-0.2, 0) is 16.1 Å². The lowest BCUT2D eigenvalue weighted by atomic mass is 9.96. The third kappa shape index (κ3) is 5.64. The highest BCUT2D eigenvalue weighted by Gasteiger charge is 2.33. The van der Waals surface area contributed by atoms with Crippen LogP contribution in [-0.4, -0.2) is 17.1 Å². The van der Waals surface area contributed by atoms with Crippen LogP contribution in [0, 0.1) is 0 Å². The zero-order chi connectivity index (χ0) is 27.5. The smallest absolute Gasteiger partial charge is 0.338 e. The molecule has 6 nitrogen and oxygen atoms in total. The second-order valence-corrected chi connectivity index (χ2v) is 11.1. The highest BCUT2D eigenvalue weighted by Crippen LogP contribution is 2.31. The van der Waals surface area contributed by atoms with Gasteiger partial charge in [-0.15, -0.1) is 0 Å². The topological polar surface area (TPSA) is 69.9 Å². The lowest BCUT2D eigenvalue weighted by Gasteiger charge is -2.24. The van der Waals surface area contributed by atoms with Crippen LogP contribution in [0.5, 0.6) is 5.75 Å². The number of halogens is 2. The van der Waals surface area contributed by atoms with Gasteiger partial charge in [-0.2, -0.15) is 0 Å². The largest absolute Gasteiger partial charge is 0.488 e. The van der Waals surface area contributed by atoms with E-state index in [2.05, 4.69) is 20.9 Å². The van der Waals surface area contributed by atoms with Crippen molar-refractivity contribution in [3.05, 3.63) is 130 Å². The van der Waals surface area contributed by atoms with E-state index in [0.29, 0.717) is 38.0 Å². The number of hydrogen-bond acceptors (Lipinski definition) is 6. The second kappa shape index (κ2) is 11.7. The van der Waals surface area contributed by atoms with Crippen LogP contribution >= 0.6 is 38.9 Å². The van der Waals surface area contributed by atoms with Crippen molar-refractivity contribution in [2.24, 2.45) is 4.99 Å². The maximum atomic E-state index is 13.7. The Labute approximate surface area is 242 Å². The molecule has 9 heteroatoms. The van der Waals surface area contributed by atoms with Gasteiger partial charge in [0.05, 0.1) is 32.9 Å². The maximum absolute atomic E-state index is 13.7. The SMILES string of the molecule is CCOC(=O)C1=C(C)N=c2s/c(=C\c3ccc(OCc4ccccc4Cl)c(Br)c3)c(=O)n2[C@@H]1c1ccccc1. The number of ether oxygens (including phenoxy) is 2. The Morgan fingerprint density at radius 3 is 2.59 bits per heavy atom. The monoisotopic (exact) mass is 622 g/mol. The summed E-state index contributed by atoms with van der Waals surface area (Å²) < 4.78 is 14.1. The van der Waals surface area contributed by atoms with Gasteiger partial charge in [0.2, 0.25) is 0 Å². The molecule has 3 aromatic carbocycles. The van der Waals surface area contributed by atoms with Gasteiger partial charge in [-0.05, 0) is 65.2 Å². The Kier molecular flexibility index (Phi) is 8.16. The van der Waals surface area contributed by atoms with Gasteiger partial charge in [0, 0.05) is 10.6 Å². The van der Waals surface area contributed by atoms with E-state index in [4.69, 9.17) is 21.1 Å². The summed E-state index contributed by atoms with van der Waals surface area (Å²) in [5.74, 6) is 0.186. The Hall–Kier alpha value is -3.46. The summed E-state index contributed by atoms with van der Waals surface area (Å²) >= 11 is 11.1. The molecule has 0 aliphatic carbocycles. The summed E-state index contributed by atoms with van der Waals surface area (Å²) in [5.41, 5.74) is 3.20. The number of hydrogen-bond donors (Lipinski definition) is 0. The molecule has 5 rings (SSSR count). The summed E-state index contributed by atoms with van der Waals surface area (Å²) in [5, 5.41) is 0.649. The molecule has 0 unspecified atom stereocenters. The molecule has 1 aromatic heterocycles. The first-order valence-corrected chi connectivity index (χ1v) is 14.3. The van der Waals surface area contributed by atoms with Crippen molar-refractivity contribution >= 4 is 50.9 Å². The molecule has 2 heterocycles. The van der Waals surface area contributed by atoms with E-state index < -0.39 is 12.0 Å². The molecule has 0 saturated carbocycles. The van der Waals surface area contributed by atoms with E-state index in [1.54, 1.807) is 18.4 Å². The third-order valence-electron chi connectivity index (χ3n) is 6.23. The first kappa shape index (κ1) is 27.1. The van der Waals surface area contributed by atoms with Crippen LogP contribution in [0.15, 0.2) is 98.3 Å². The molecule has 198 valence electrons. The van der Waals surface area contributed by atoms with Crippen LogP contribution in [0.1, 0.15) is 36.6 Å². The van der Waals surface area contributed by atoms with Crippen molar-refractivity contribution in [3.8, 4) is 5.75 Å². The fourth-order valence-electron chi connectivity index (χ4n) is 4.39. The average Bonchev–Trinajstić information content (AvgIpc) is 3.22. The van der Waals surface area contributed by atoms with Crippen LogP contribution in [0.25, 0.3) is 6.08 Å². The molecule has 0 radical (unpaired) electrons. The molecule has 0 spiro atoms. The number of thiazole rings is 1. The Bertz CT molecular complexity index is 1760. The van der Waals surface area contributed by atoms with E-state index in [1.165, 1.54) is 11.3 Å². The van der Waals surface area contributed by atoms with Crippen molar-refractivity contribution < 1.29 is 14.3 Å². The minimum atomic E-state index is -0.629. The molecular weight excluding hydrogens is 600 g/mol. The second-order valence-electron chi connectivity index (χ2n) is 8.78. The fourth-order valence-corrected chi connectivity index (χ4v) is 6.14. The third-order valence-corrected chi connectivity index (χ3v) is 8.20. The van der Waals surface area contributed by atoms with Gasteiger partial charge in [-0.3, -0.25) is 9.36 Å². The van der Waals surface area contributed by atoms with Crippen molar-refractivity contribution in [1.82, 2.24) is 4.57 Å². The lowest BCUT2D eigenvalue weighted by molar-refractivity contribution is -0.139. The zero-order valence-electron chi connectivity index (χ0n) is 21.2. The van der Waals surface area contributed by atoms with Gasteiger partial charge in [0.1, 0.15) is 12.4 Å². The summed E-state index contributed by atoms with van der Waals surface area (Å²) in [4.78, 5) is 31.8. The number of esters is 1. The van der Waals surface area contributed by atoms with Gasteiger partial charge in [-0.1, -0.05) is 77.5 Å². The quantitative estimate of drug-likeness (QED) is 0.244. The predicted molar refractivity (Wildman–Crippen MR) is 157 cm³/mol. The van der Waals surface area contributed by atoms with E-state index >= 15 is 0 Å². The van der Waals surface area contributed by atoms with Crippen LogP contribution in [0.2, 0.25) is 5.02 Å². The Balaban J connectivity index is 1.52. The Morgan fingerprint density at radius 2 is 1.87 bits per heavy atom. The minimum Gasteiger partial charge on any atom is -0.488 e. The number of rotatable bonds is 7. The van der Waals surface area contributed by atoms with E-state index in [9.17, 15) is 9.59 Å². The van der Waals surface area contributed by atoms with Crippen LogP contribution in [0.3, 0.4) is 0 Å². The summed E-state index contributed by atoms with van der Waals surface area (Å²) in [6.45, 7) is 4.09. The highest BCUT2D eigenvalue weighted by molar-refractivity contribution is 9.10. The first-order valence-electron chi connectivity index (χ1n) is 12.3. The summed E-state index contributed by atoms with van der Waals surface area (Å²) in [7, 11) is 0. The number of carbonyl (C=O) groups excluding carboxylic acids is 1. The normalized spacial score (nSPS) is 15.1. The number of carbonyl (C=O) groups is 1. The molecule has 1 aliphatic heterocycles. The molecule has 1 aliphatic rings. The highest BCUT2D eigenvalue weighted by atomic mass is 79.9. The fraction of sp³-hybridized carbons (Fsp3) is 0.167. The first-order chi connectivity index (χ1) is 18.9. The van der Waals surface area contributed by atoms with Crippen LogP contribution in [0.4, 0.5) is 0 Å². The molecule has 39 heavy (non-hydrogen) atoms. The van der Waals surface area contributed by atoms with Gasteiger partial charge < -0.3 is 9.47 Å². The number of fused-ring (bicyclic) bond motifs is 1. The molecule has 0 saturated heterocycles. The number of allylic oxidation sites excluding steroid dienone is 1. The number of aromatic nitrogens is 1. The molecular formula is C30H24BrClN2O4S. The number of benzene rings is 3.